The number of aryl methyl sites for hydroxylation is 1. The fourth-order valence-corrected chi connectivity index (χ4v) is 3.95. The minimum Gasteiger partial charge on any atom is -0.484 e. The van der Waals surface area contributed by atoms with Gasteiger partial charge < -0.3 is 9.64 Å². The Labute approximate surface area is 184 Å². The maximum Gasteiger partial charge on any atom is 0.266 e. The molecule has 2 aromatic carbocycles. The first kappa shape index (κ1) is 23.3. The Morgan fingerprint density at radius 2 is 1.86 bits per heavy atom. The number of nitrogens with zero attached hydrogens (tertiary/aromatic N) is 3. The molecule has 0 aliphatic carbocycles. The van der Waals surface area contributed by atoms with Crippen LogP contribution in [-0.2, 0) is 4.79 Å². The Morgan fingerprint density at radius 1 is 1.17 bits per heavy atom. The van der Waals surface area contributed by atoms with E-state index in [4.69, 9.17) is 16.3 Å². The maximum atomic E-state index is 13.0. The van der Waals surface area contributed by atoms with E-state index >= 15 is 0 Å². The number of hydrogen-bond acceptors (Lipinski definition) is 5. The standard InChI is InChI=1S/C20H21ClFN3O2S.ClH/c1-13-4-9-16(21)19-18(13)23-20(28-19)25(11-10-24(2)3)17(26)12-27-15-7-5-14(22)6-8-15;/h4-9H,10-12H2,1-3H3;1H. The quantitative estimate of drug-likeness (QED) is 0.511. The number of likely N-dealkylation sites (N-methyl/N-ethyl adjacent to an activating group) is 1. The summed E-state index contributed by atoms with van der Waals surface area (Å²) in [6.07, 6.45) is 0. The highest BCUT2D eigenvalue weighted by atomic mass is 35.5. The van der Waals surface area contributed by atoms with E-state index in [0.717, 1.165) is 15.8 Å². The van der Waals surface area contributed by atoms with Gasteiger partial charge in [0.05, 0.1) is 15.2 Å². The molecular weight excluding hydrogens is 436 g/mol. The van der Waals surface area contributed by atoms with Crippen LogP contribution in [0.25, 0.3) is 10.2 Å². The number of halogens is 3. The summed E-state index contributed by atoms with van der Waals surface area (Å²) in [5.41, 5.74) is 1.80. The van der Waals surface area contributed by atoms with Gasteiger partial charge in [-0.25, -0.2) is 9.37 Å². The number of aromatic nitrogens is 1. The van der Waals surface area contributed by atoms with Crippen LogP contribution in [0.4, 0.5) is 9.52 Å². The number of anilines is 1. The Balaban J connectivity index is 0.00000300. The molecule has 0 saturated heterocycles. The number of benzene rings is 2. The van der Waals surface area contributed by atoms with Gasteiger partial charge in [0.25, 0.3) is 5.91 Å². The normalized spacial score (nSPS) is 10.8. The van der Waals surface area contributed by atoms with Crippen molar-refractivity contribution in [2.24, 2.45) is 0 Å². The van der Waals surface area contributed by atoms with Gasteiger partial charge in [-0.15, -0.1) is 12.4 Å². The van der Waals surface area contributed by atoms with Gasteiger partial charge in [-0.05, 0) is 56.9 Å². The molecule has 0 unspecified atom stereocenters. The molecule has 0 fully saturated rings. The molecule has 3 aromatic rings. The molecule has 1 amide bonds. The van der Waals surface area contributed by atoms with Gasteiger partial charge in [0.15, 0.2) is 11.7 Å². The number of thiazole rings is 1. The average molecular weight is 458 g/mol. The van der Waals surface area contributed by atoms with E-state index in [1.54, 1.807) is 4.90 Å². The third kappa shape index (κ3) is 5.79. The molecule has 0 atom stereocenters. The van der Waals surface area contributed by atoms with E-state index in [1.165, 1.54) is 35.6 Å². The lowest BCUT2D eigenvalue weighted by atomic mass is 10.2. The lowest BCUT2D eigenvalue weighted by Gasteiger charge is -2.22. The number of carbonyl (C=O) groups is 1. The summed E-state index contributed by atoms with van der Waals surface area (Å²) in [4.78, 5) is 21.1. The molecule has 0 saturated carbocycles. The third-order valence-corrected chi connectivity index (χ3v) is 5.70. The van der Waals surface area contributed by atoms with Gasteiger partial charge in [-0.3, -0.25) is 9.69 Å². The first-order chi connectivity index (χ1) is 13.3. The van der Waals surface area contributed by atoms with Crippen LogP contribution in [0.15, 0.2) is 36.4 Å². The van der Waals surface area contributed by atoms with Crippen molar-refractivity contribution in [1.82, 2.24) is 9.88 Å². The van der Waals surface area contributed by atoms with Crippen LogP contribution < -0.4 is 9.64 Å². The van der Waals surface area contributed by atoms with E-state index in [9.17, 15) is 9.18 Å². The summed E-state index contributed by atoms with van der Waals surface area (Å²) in [7, 11) is 3.88. The molecule has 5 nitrogen and oxygen atoms in total. The van der Waals surface area contributed by atoms with Gasteiger partial charge in [-0.1, -0.05) is 29.0 Å². The van der Waals surface area contributed by atoms with Crippen LogP contribution in [0.5, 0.6) is 5.75 Å². The Bertz CT molecular complexity index is 941. The largest absolute Gasteiger partial charge is 0.484 e. The fourth-order valence-electron chi connectivity index (χ4n) is 2.59. The molecule has 0 N–H and O–H groups in total. The van der Waals surface area contributed by atoms with Gasteiger partial charge in [0.1, 0.15) is 11.6 Å². The Kier molecular flexibility index (Phi) is 8.22. The lowest BCUT2D eigenvalue weighted by Crippen LogP contribution is -2.39. The van der Waals surface area contributed by atoms with Crippen molar-refractivity contribution in [3.8, 4) is 5.75 Å². The zero-order valence-corrected chi connectivity index (χ0v) is 18.7. The Hall–Kier alpha value is -1.93. The molecular formula is C20H22Cl2FN3O2S. The van der Waals surface area contributed by atoms with Gasteiger partial charge in [-0.2, -0.15) is 0 Å². The maximum absolute atomic E-state index is 13.0. The van der Waals surface area contributed by atoms with E-state index in [0.29, 0.717) is 29.0 Å². The van der Waals surface area contributed by atoms with Crippen LogP contribution in [-0.4, -0.2) is 49.6 Å². The number of carbonyl (C=O) groups excluding carboxylic acids is 1. The molecule has 9 heteroatoms. The number of hydrogen-bond donors (Lipinski definition) is 0. The number of fused-ring (bicyclic) bond motifs is 1. The third-order valence-electron chi connectivity index (χ3n) is 4.16. The molecule has 0 bridgehead atoms. The number of ether oxygens (including phenoxy) is 1. The summed E-state index contributed by atoms with van der Waals surface area (Å²) in [6.45, 7) is 2.94. The fraction of sp³-hybridized carbons (Fsp3) is 0.300. The summed E-state index contributed by atoms with van der Waals surface area (Å²) in [6, 6.07) is 9.33. The topological polar surface area (TPSA) is 45.7 Å². The lowest BCUT2D eigenvalue weighted by molar-refractivity contribution is -0.120. The van der Waals surface area contributed by atoms with Crippen molar-refractivity contribution in [1.29, 1.82) is 0 Å². The highest BCUT2D eigenvalue weighted by molar-refractivity contribution is 7.23. The summed E-state index contributed by atoms with van der Waals surface area (Å²) >= 11 is 7.70. The summed E-state index contributed by atoms with van der Waals surface area (Å²) < 4.78 is 19.4. The highest BCUT2D eigenvalue weighted by Crippen LogP contribution is 2.35. The average Bonchev–Trinajstić information content (AvgIpc) is 3.10. The molecule has 0 spiro atoms. The van der Waals surface area contributed by atoms with Crippen molar-refractivity contribution in [3.05, 3.63) is 52.8 Å². The van der Waals surface area contributed by atoms with E-state index in [-0.39, 0.29) is 30.7 Å². The van der Waals surface area contributed by atoms with E-state index in [1.807, 2.05) is 38.1 Å². The minimum absolute atomic E-state index is 0. The SMILES string of the molecule is Cc1ccc(Cl)c2sc(N(CCN(C)C)C(=O)COc3ccc(F)cc3)nc12.Cl. The second kappa shape index (κ2) is 10.2. The van der Waals surface area contributed by atoms with Crippen molar-refractivity contribution >= 4 is 56.6 Å². The smallest absolute Gasteiger partial charge is 0.266 e. The van der Waals surface area contributed by atoms with E-state index in [2.05, 4.69) is 4.98 Å². The predicted molar refractivity (Wildman–Crippen MR) is 119 cm³/mol. The Morgan fingerprint density at radius 3 is 2.48 bits per heavy atom. The van der Waals surface area contributed by atoms with E-state index < -0.39 is 0 Å². The number of amides is 1. The van der Waals surface area contributed by atoms with Crippen LogP contribution in [0, 0.1) is 12.7 Å². The van der Waals surface area contributed by atoms with Crippen LogP contribution in [0.1, 0.15) is 5.56 Å². The molecule has 3 rings (SSSR count). The van der Waals surface area contributed by atoms with Gasteiger partial charge in [0.2, 0.25) is 0 Å². The van der Waals surface area contributed by atoms with Crippen molar-refractivity contribution < 1.29 is 13.9 Å². The minimum atomic E-state index is -0.354. The van der Waals surface area contributed by atoms with Gasteiger partial charge >= 0.3 is 0 Å². The monoisotopic (exact) mass is 457 g/mol. The molecule has 29 heavy (non-hydrogen) atoms. The molecule has 156 valence electrons. The van der Waals surface area contributed by atoms with Crippen molar-refractivity contribution in [2.45, 2.75) is 6.92 Å². The van der Waals surface area contributed by atoms with Crippen molar-refractivity contribution in [3.63, 3.8) is 0 Å². The zero-order valence-electron chi connectivity index (χ0n) is 16.3. The second-order valence-electron chi connectivity index (χ2n) is 6.63. The molecule has 1 heterocycles. The molecule has 1 aromatic heterocycles. The first-order valence-electron chi connectivity index (χ1n) is 8.74. The van der Waals surface area contributed by atoms with Crippen LogP contribution in [0.3, 0.4) is 0 Å². The van der Waals surface area contributed by atoms with Crippen LogP contribution in [0.2, 0.25) is 5.02 Å². The summed E-state index contributed by atoms with van der Waals surface area (Å²) in [5, 5.41) is 1.20. The summed E-state index contributed by atoms with van der Waals surface area (Å²) in [5.74, 6) is -0.141. The second-order valence-corrected chi connectivity index (χ2v) is 8.01. The molecule has 0 aliphatic heterocycles. The highest BCUT2D eigenvalue weighted by Gasteiger charge is 2.22. The van der Waals surface area contributed by atoms with Gasteiger partial charge in [0, 0.05) is 13.1 Å². The molecule has 0 radical (unpaired) electrons. The number of rotatable bonds is 7. The first-order valence-corrected chi connectivity index (χ1v) is 9.93. The zero-order chi connectivity index (χ0) is 20.3. The molecule has 0 aliphatic rings. The predicted octanol–water partition coefficient (Wildman–Crippen LogP) is 4.79. The van der Waals surface area contributed by atoms with Crippen molar-refractivity contribution in [2.75, 3.05) is 38.7 Å². The van der Waals surface area contributed by atoms with Crippen LogP contribution >= 0.6 is 35.3 Å².